The van der Waals surface area contributed by atoms with Gasteiger partial charge in [-0.15, -0.1) is 0 Å². The molecule has 0 spiro atoms. The molecule has 0 aromatic carbocycles. The van der Waals surface area contributed by atoms with E-state index in [0.29, 0.717) is 13.2 Å². The van der Waals surface area contributed by atoms with Gasteiger partial charge in [0.1, 0.15) is 0 Å². The molecule has 0 bridgehead atoms. The van der Waals surface area contributed by atoms with Crippen molar-refractivity contribution in [3.8, 4) is 0 Å². The Morgan fingerprint density at radius 1 is 1.54 bits per heavy atom. The molecule has 13 heavy (non-hydrogen) atoms. The zero-order valence-corrected chi connectivity index (χ0v) is 7.49. The van der Waals surface area contributed by atoms with Crippen LogP contribution >= 0.6 is 0 Å². The summed E-state index contributed by atoms with van der Waals surface area (Å²) in [5, 5.41) is 15.7. The van der Waals surface area contributed by atoms with Crippen molar-refractivity contribution < 1.29 is 9.84 Å². The van der Waals surface area contributed by atoms with Crippen LogP contribution in [0.4, 0.5) is 0 Å². The van der Waals surface area contributed by atoms with Crippen LogP contribution in [-0.4, -0.2) is 49.5 Å². The third-order valence-corrected chi connectivity index (χ3v) is 2.27. The van der Waals surface area contributed by atoms with E-state index in [0.717, 1.165) is 25.5 Å². The summed E-state index contributed by atoms with van der Waals surface area (Å²) in [5.74, 6) is 0.792. The number of aliphatic imine (C=N–C) groups is 1. The summed E-state index contributed by atoms with van der Waals surface area (Å²) in [5.41, 5.74) is 0. The molecule has 3 N–H and O–H groups in total. The number of hydrogen-bond acceptors (Lipinski definition) is 5. The molecule has 0 radical (unpaired) electrons. The Morgan fingerprint density at radius 2 is 2.46 bits per heavy atom. The van der Waals surface area contributed by atoms with Crippen molar-refractivity contribution in [2.45, 2.75) is 18.6 Å². The Hall–Kier alpha value is -0.810. The maximum absolute atomic E-state index is 9.45. The molecule has 2 rings (SSSR count). The normalized spacial score (nSPS) is 33.8. The highest BCUT2D eigenvalue weighted by Gasteiger charge is 2.26. The summed E-state index contributed by atoms with van der Waals surface area (Å²) < 4.78 is 5.12. The van der Waals surface area contributed by atoms with Gasteiger partial charge in [0.25, 0.3) is 0 Å². The number of ether oxygens (including phenoxy) is 1. The Bertz CT molecular complexity index is 208. The first kappa shape index (κ1) is 8.77. The first-order valence-electron chi connectivity index (χ1n) is 4.67. The second-order valence-electron chi connectivity index (χ2n) is 3.37. The van der Waals surface area contributed by atoms with Crippen molar-refractivity contribution in [1.29, 1.82) is 0 Å². The third-order valence-electron chi connectivity index (χ3n) is 2.27. The van der Waals surface area contributed by atoms with Gasteiger partial charge in [0.15, 0.2) is 5.96 Å². The summed E-state index contributed by atoms with van der Waals surface area (Å²) in [7, 11) is 0. The minimum atomic E-state index is -0.411. The summed E-state index contributed by atoms with van der Waals surface area (Å²) >= 11 is 0. The van der Waals surface area contributed by atoms with Gasteiger partial charge in [-0.2, -0.15) is 0 Å². The van der Waals surface area contributed by atoms with Gasteiger partial charge in [-0.05, 0) is 6.42 Å². The molecule has 5 nitrogen and oxygen atoms in total. The van der Waals surface area contributed by atoms with E-state index in [-0.39, 0.29) is 6.04 Å². The van der Waals surface area contributed by atoms with Gasteiger partial charge in [-0.1, -0.05) is 0 Å². The Morgan fingerprint density at radius 3 is 3.08 bits per heavy atom. The van der Waals surface area contributed by atoms with E-state index in [1.54, 1.807) is 0 Å². The molecule has 0 aromatic heterocycles. The lowest BCUT2D eigenvalue weighted by Crippen LogP contribution is -2.49. The van der Waals surface area contributed by atoms with Crippen LogP contribution in [0.15, 0.2) is 4.99 Å². The number of guanidine groups is 1. The maximum atomic E-state index is 9.45. The molecule has 0 aromatic rings. The van der Waals surface area contributed by atoms with Crippen molar-refractivity contribution in [2.75, 3.05) is 26.3 Å². The Labute approximate surface area is 77.2 Å². The quantitative estimate of drug-likeness (QED) is 0.474. The highest BCUT2D eigenvalue weighted by Crippen LogP contribution is 2.04. The first-order chi connectivity index (χ1) is 6.36. The largest absolute Gasteiger partial charge is 0.388 e. The van der Waals surface area contributed by atoms with Crippen molar-refractivity contribution in [1.82, 2.24) is 10.6 Å². The predicted octanol–water partition coefficient (Wildman–Crippen LogP) is -1.31. The van der Waals surface area contributed by atoms with Crippen molar-refractivity contribution in [3.63, 3.8) is 0 Å². The lowest BCUT2D eigenvalue weighted by atomic mass is 10.2. The van der Waals surface area contributed by atoms with Gasteiger partial charge >= 0.3 is 0 Å². The lowest BCUT2D eigenvalue weighted by molar-refractivity contribution is 0.123. The van der Waals surface area contributed by atoms with Gasteiger partial charge in [-0.25, -0.2) is 0 Å². The molecule has 0 saturated carbocycles. The molecule has 0 amide bonds. The smallest absolute Gasteiger partial charge is 0.191 e. The number of rotatable bonds is 1. The molecule has 2 aliphatic rings. The van der Waals surface area contributed by atoms with Crippen LogP contribution in [0.2, 0.25) is 0 Å². The molecule has 2 aliphatic heterocycles. The van der Waals surface area contributed by atoms with E-state index in [1.165, 1.54) is 0 Å². The topological polar surface area (TPSA) is 65.9 Å². The van der Waals surface area contributed by atoms with Gasteiger partial charge in [0.2, 0.25) is 0 Å². The molecule has 2 heterocycles. The van der Waals surface area contributed by atoms with Crippen LogP contribution in [0.1, 0.15) is 6.42 Å². The Balaban J connectivity index is 1.85. The third kappa shape index (κ3) is 2.10. The zero-order valence-electron chi connectivity index (χ0n) is 7.49. The Kier molecular flexibility index (Phi) is 2.65. The monoisotopic (exact) mass is 185 g/mol. The zero-order chi connectivity index (χ0) is 9.10. The summed E-state index contributed by atoms with van der Waals surface area (Å²) in [6.07, 6.45) is 0.668. The lowest BCUT2D eigenvalue weighted by Gasteiger charge is -2.21. The molecule has 74 valence electrons. The number of nitrogens with zero attached hydrogens (tertiary/aromatic N) is 1. The second kappa shape index (κ2) is 3.93. The molecule has 0 aliphatic carbocycles. The van der Waals surface area contributed by atoms with Crippen molar-refractivity contribution in [2.24, 2.45) is 4.99 Å². The van der Waals surface area contributed by atoms with Crippen LogP contribution in [0.3, 0.4) is 0 Å². The fourth-order valence-electron chi connectivity index (χ4n) is 1.49. The van der Waals surface area contributed by atoms with Crippen LogP contribution in [-0.2, 0) is 4.74 Å². The van der Waals surface area contributed by atoms with Gasteiger partial charge in [0, 0.05) is 13.1 Å². The highest BCUT2D eigenvalue weighted by molar-refractivity contribution is 5.80. The van der Waals surface area contributed by atoms with Crippen molar-refractivity contribution >= 4 is 5.96 Å². The summed E-state index contributed by atoms with van der Waals surface area (Å²) in [4.78, 5) is 4.26. The molecular formula is C8H15N3O2. The molecule has 2 atom stereocenters. The minimum Gasteiger partial charge on any atom is -0.388 e. The average molecular weight is 185 g/mol. The number of hydrogen-bond donors (Lipinski definition) is 3. The van der Waals surface area contributed by atoms with E-state index in [9.17, 15) is 5.11 Å². The predicted molar refractivity (Wildman–Crippen MR) is 48.7 cm³/mol. The average Bonchev–Trinajstić information content (AvgIpc) is 2.54. The standard InChI is InChI=1S/C8H15N3O2/c12-7-5-13-4-6(7)11-8-9-2-1-3-10-8/h6-7,12H,1-5H2,(H2,9,10,11)/t6-,7-/m1/s1. The van der Waals surface area contributed by atoms with Crippen LogP contribution in [0.5, 0.6) is 0 Å². The van der Waals surface area contributed by atoms with Gasteiger partial charge in [0.05, 0.1) is 25.4 Å². The van der Waals surface area contributed by atoms with Gasteiger partial charge in [-0.3, -0.25) is 4.99 Å². The molecular weight excluding hydrogens is 170 g/mol. The van der Waals surface area contributed by atoms with E-state index < -0.39 is 6.10 Å². The summed E-state index contributed by atoms with van der Waals surface area (Å²) in [6.45, 7) is 2.79. The second-order valence-corrected chi connectivity index (χ2v) is 3.37. The van der Waals surface area contributed by atoms with E-state index in [4.69, 9.17) is 4.74 Å². The molecule has 1 saturated heterocycles. The summed E-state index contributed by atoms with van der Waals surface area (Å²) in [6, 6.07) is -0.00986. The highest BCUT2D eigenvalue weighted by atomic mass is 16.5. The minimum absolute atomic E-state index is 0.00986. The van der Waals surface area contributed by atoms with Gasteiger partial charge < -0.3 is 20.5 Å². The number of nitrogens with one attached hydrogen (secondary N) is 2. The van der Waals surface area contributed by atoms with Crippen molar-refractivity contribution in [3.05, 3.63) is 0 Å². The first-order valence-corrected chi connectivity index (χ1v) is 4.67. The van der Waals surface area contributed by atoms with Crippen LogP contribution in [0.25, 0.3) is 0 Å². The van der Waals surface area contributed by atoms with Crippen LogP contribution in [0, 0.1) is 0 Å². The molecule has 1 fully saturated rings. The fourth-order valence-corrected chi connectivity index (χ4v) is 1.49. The van der Waals surface area contributed by atoms with Crippen LogP contribution < -0.4 is 10.6 Å². The molecule has 0 unspecified atom stereocenters. The van der Waals surface area contributed by atoms with E-state index in [2.05, 4.69) is 15.6 Å². The number of aliphatic hydroxyl groups excluding tert-OH is 1. The number of aliphatic hydroxyl groups is 1. The SMILES string of the molecule is O[C@@H]1COC[C@H]1NC1=NCCCN1. The van der Waals surface area contributed by atoms with E-state index >= 15 is 0 Å². The molecule has 5 heteroatoms. The maximum Gasteiger partial charge on any atom is 0.191 e. The van der Waals surface area contributed by atoms with E-state index in [1.807, 2.05) is 0 Å². The fraction of sp³-hybridized carbons (Fsp3) is 0.875.